The number of nitrogens with one attached hydrogen (secondary N) is 1. The molecule has 66 valence electrons. The largest absolute Gasteiger partial charge is 0.345 e. The Morgan fingerprint density at radius 1 is 1.46 bits per heavy atom. The average molecular weight is 174 g/mol. The van der Waals surface area contributed by atoms with Gasteiger partial charge in [-0.1, -0.05) is 0 Å². The Hall–Kier alpha value is -1.64. The van der Waals surface area contributed by atoms with Gasteiger partial charge in [-0.3, -0.25) is 4.79 Å². The molecule has 0 saturated heterocycles. The average Bonchev–Trinajstić information content (AvgIpc) is 2.52. The molecule has 2 aromatic rings. The molecule has 0 fully saturated rings. The second-order valence-corrected chi connectivity index (χ2v) is 3.09. The highest BCUT2D eigenvalue weighted by Gasteiger charge is 2.08. The van der Waals surface area contributed by atoms with E-state index < -0.39 is 0 Å². The highest BCUT2D eigenvalue weighted by atomic mass is 16.1. The van der Waals surface area contributed by atoms with Crippen molar-refractivity contribution in [2.75, 3.05) is 0 Å². The zero-order valence-electron chi connectivity index (χ0n) is 7.59. The van der Waals surface area contributed by atoms with Crippen LogP contribution in [0.2, 0.25) is 0 Å². The van der Waals surface area contributed by atoms with Gasteiger partial charge >= 0.3 is 0 Å². The van der Waals surface area contributed by atoms with Crippen LogP contribution in [-0.4, -0.2) is 15.8 Å². The topological polar surface area (TPSA) is 45.8 Å². The summed E-state index contributed by atoms with van der Waals surface area (Å²) in [5, 5.41) is 0. The minimum absolute atomic E-state index is 0.0856. The molecule has 2 rings (SSSR count). The third kappa shape index (κ3) is 1.13. The van der Waals surface area contributed by atoms with Gasteiger partial charge in [0.2, 0.25) is 0 Å². The number of carbonyl (C=O) groups excluding carboxylic acids is 1. The lowest BCUT2D eigenvalue weighted by molar-refractivity contribution is 0.101. The Labute approximate surface area is 75.8 Å². The van der Waals surface area contributed by atoms with Crippen LogP contribution in [0.5, 0.6) is 0 Å². The smallest absolute Gasteiger partial charge is 0.160 e. The van der Waals surface area contributed by atoms with Gasteiger partial charge < -0.3 is 4.98 Å². The van der Waals surface area contributed by atoms with Crippen LogP contribution in [0, 0.1) is 6.92 Å². The molecule has 3 nitrogen and oxygen atoms in total. The fourth-order valence-electron chi connectivity index (χ4n) is 1.53. The van der Waals surface area contributed by atoms with E-state index >= 15 is 0 Å². The first-order valence-corrected chi connectivity index (χ1v) is 4.14. The van der Waals surface area contributed by atoms with E-state index in [1.807, 2.05) is 19.1 Å². The number of nitrogens with zero attached hydrogens (tertiary/aromatic N) is 1. The first-order valence-electron chi connectivity index (χ1n) is 4.14. The number of ketones is 1. The minimum Gasteiger partial charge on any atom is -0.345 e. The summed E-state index contributed by atoms with van der Waals surface area (Å²) in [5.41, 5.74) is 3.56. The second kappa shape index (κ2) is 2.69. The summed E-state index contributed by atoms with van der Waals surface area (Å²) < 4.78 is 0. The molecule has 1 N–H and O–H groups in total. The summed E-state index contributed by atoms with van der Waals surface area (Å²) in [4.78, 5) is 18.4. The van der Waals surface area contributed by atoms with E-state index in [-0.39, 0.29) is 5.78 Å². The van der Waals surface area contributed by atoms with Crippen molar-refractivity contribution in [1.82, 2.24) is 9.97 Å². The summed E-state index contributed by atoms with van der Waals surface area (Å²) in [5.74, 6) is 0.0856. The molecule has 1 aromatic carbocycles. The van der Waals surface area contributed by atoms with Crippen molar-refractivity contribution >= 4 is 16.8 Å². The Morgan fingerprint density at radius 3 is 2.92 bits per heavy atom. The molecule has 3 heteroatoms. The molecule has 1 heterocycles. The lowest BCUT2D eigenvalue weighted by Gasteiger charge is -2.01. The maximum atomic E-state index is 11.2. The van der Waals surface area contributed by atoms with Crippen LogP contribution in [0.15, 0.2) is 18.5 Å². The number of rotatable bonds is 1. The number of Topliss-reactive ketones (excluding diaryl/α,β-unsaturated/α-hetero) is 1. The number of imidazole rings is 1. The van der Waals surface area contributed by atoms with Crippen LogP contribution >= 0.6 is 0 Å². The molecule has 13 heavy (non-hydrogen) atoms. The van der Waals surface area contributed by atoms with Gasteiger partial charge in [-0.25, -0.2) is 4.98 Å². The highest BCUT2D eigenvalue weighted by Crippen LogP contribution is 2.18. The van der Waals surface area contributed by atoms with Crippen LogP contribution in [0.25, 0.3) is 11.0 Å². The zero-order valence-corrected chi connectivity index (χ0v) is 7.59. The zero-order chi connectivity index (χ0) is 9.42. The van der Waals surface area contributed by atoms with Gasteiger partial charge in [0, 0.05) is 5.56 Å². The van der Waals surface area contributed by atoms with Crippen molar-refractivity contribution < 1.29 is 4.79 Å². The number of benzene rings is 1. The molecule has 1 aromatic heterocycles. The predicted octanol–water partition coefficient (Wildman–Crippen LogP) is 2.07. The maximum absolute atomic E-state index is 11.2. The Balaban J connectivity index is 2.80. The van der Waals surface area contributed by atoms with Crippen LogP contribution in [0.3, 0.4) is 0 Å². The van der Waals surface area contributed by atoms with Crippen LogP contribution in [-0.2, 0) is 0 Å². The first kappa shape index (κ1) is 7.98. The van der Waals surface area contributed by atoms with Crippen molar-refractivity contribution in [3.8, 4) is 0 Å². The minimum atomic E-state index is 0.0856. The van der Waals surface area contributed by atoms with Crippen LogP contribution in [0.4, 0.5) is 0 Å². The Kier molecular flexibility index (Phi) is 1.65. The van der Waals surface area contributed by atoms with Crippen molar-refractivity contribution in [1.29, 1.82) is 0 Å². The first-order chi connectivity index (χ1) is 6.20. The molecule has 0 unspecified atom stereocenters. The molecular formula is C10H10N2O. The van der Waals surface area contributed by atoms with Crippen molar-refractivity contribution in [3.05, 3.63) is 29.6 Å². The van der Waals surface area contributed by atoms with E-state index in [0.29, 0.717) is 0 Å². The molecule has 0 atom stereocenters. The van der Waals surface area contributed by atoms with E-state index in [2.05, 4.69) is 9.97 Å². The fourth-order valence-corrected chi connectivity index (χ4v) is 1.53. The quantitative estimate of drug-likeness (QED) is 0.673. The third-order valence-corrected chi connectivity index (χ3v) is 2.22. The summed E-state index contributed by atoms with van der Waals surface area (Å²) in [6.45, 7) is 3.49. The van der Waals surface area contributed by atoms with Crippen molar-refractivity contribution in [3.63, 3.8) is 0 Å². The van der Waals surface area contributed by atoms with E-state index in [9.17, 15) is 4.79 Å². The molecule has 0 amide bonds. The van der Waals surface area contributed by atoms with Crippen molar-refractivity contribution in [2.24, 2.45) is 0 Å². The third-order valence-electron chi connectivity index (χ3n) is 2.22. The van der Waals surface area contributed by atoms with Crippen LogP contribution < -0.4 is 0 Å². The standard InChI is InChI=1S/C10H10N2O/c1-6-8(7(2)13)3-4-9-10(6)12-5-11-9/h3-5H,1-2H3,(H,11,12). The van der Waals surface area contributed by atoms with Crippen LogP contribution in [0.1, 0.15) is 22.8 Å². The van der Waals surface area contributed by atoms with Gasteiger partial charge in [-0.2, -0.15) is 0 Å². The van der Waals surface area contributed by atoms with Gasteiger partial charge in [0.25, 0.3) is 0 Å². The van der Waals surface area contributed by atoms with E-state index in [4.69, 9.17) is 0 Å². The molecule has 0 saturated carbocycles. The maximum Gasteiger partial charge on any atom is 0.160 e. The molecule has 0 bridgehead atoms. The number of hydrogen-bond acceptors (Lipinski definition) is 2. The SMILES string of the molecule is CC(=O)c1ccc2[nH]cnc2c1C. The van der Waals surface area contributed by atoms with Gasteiger partial charge in [0.1, 0.15) is 0 Å². The van der Waals surface area contributed by atoms with Gasteiger partial charge in [-0.05, 0) is 31.5 Å². The van der Waals surface area contributed by atoms with Crippen molar-refractivity contribution in [2.45, 2.75) is 13.8 Å². The monoisotopic (exact) mass is 174 g/mol. The molecule has 0 spiro atoms. The summed E-state index contributed by atoms with van der Waals surface area (Å²) in [6.07, 6.45) is 1.64. The number of aromatic amines is 1. The van der Waals surface area contributed by atoms with Gasteiger partial charge in [-0.15, -0.1) is 0 Å². The second-order valence-electron chi connectivity index (χ2n) is 3.09. The van der Waals surface area contributed by atoms with E-state index in [1.165, 1.54) is 0 Å². The normalized spacial score (nSPS) is 10.6. The lowest BCUT2D eigenvalue weighted by Crippen LogP contribution is -1.96. The Bertz CT molecular complexity index is 471. The number of aryl methyl sites for hydroxylation is 1. The number of fused-ring (bicyclic) bond motifs is 1. The number of carbonyl (C=O) groups is 1. The Morgan fingerprint density at radius 2 is 2.23 bits per heavy atom. The number of aromatic nitrogens is 2. The fraction of sp³-hybridized carbons (Fsp3) is 0.200. The highest BCUT2D eigenvalue weighted by molar-refractivity contribution is 5.99. The van der Waals surface area contributed by atoms with E-state index in [1.54, 1.807) is 13.3 Å². The lowest BCUT2D eigenvalue weighted by atomic mass is 10.0. The van der Waals surface area contributed by atoms with E-state index in [0.717, 1.165) is 22.2 Å². The molecule has 0 aliphatic carbocycles. The summed E-state index contributed by atoms with van der Waals surface area (Å²) in [6, 6.07) is 3.71. The number of H-pyrrole nitrogens is 1. The summed E-state index contributed by atoms with van der Waals surface area (Å²) in [7, 11) is 0. The predicted molar refractivity (Wildman–Crippen MR) is 50.8 cm³/mol. The molecule has 0 radical (unpaired) electrons. The van der Waals surface area contributed by atoms with Gasteiger partial charge in [0.05, 0.1) is 17.4 Å². The van der Waals surface area contributed by atoms with Gasteiger partial charge in [0.15, 0.2) is 5.78 Å². The molecular weight excluding hydrogens is 164 g/mol. The molecule has 0 aliphatic heterocycles. The molecule has 0 aliphatic rings. The summed E-state index contributed by atoms with van der Waals surface area (Å²) >= 11 is 0. The number of hydrogen-bond donors (Lipinski definition) is 1.